The number of imide groups is 1. The van der Waals surface area contributed by atoms with Gasteiger partial charge in [0.1, 0.15) is 5.83 Å². The number of likely N-dealkylation sites (N-methyl/N-ethyl adjacent to an activating group) is 1. The van der Waals surface area contributed by atoms with E-state index in [4.69, 9.17) is 0 Å². The number of piperazine rings is 1. The summed E-state index contributed by atoms with van der Waals surface area (Å²) < 4.78 is 39.8. The molecular weight excluding hydrogens is 385 g/mol. The summed E-state index contributed by atoms with van der Waals surface area (Å²) in [7, 11) is -2.65. The standard InChI is InChI=1S/C19H16FN3O4S/c1-22-18(24)10-23(11-19(22)25)28(26,27)14-5-2-12(3-6-14)16-9-21-17-8-13(20)4-7-15(16)17/h2-7,9H,8,10-11H2,1H3. The second-order valence-electron chi connectivity index (χ2n) is 6.63. The fourth-order valence-corrected chi connectivity index (χ4v) is 4.56. The molecular formula is C19H16FN3O4S. The maximum Gasteiger partial charge on any atom is 0.244 e. The molecule has 3 aliphatic rings. The summed E-state index contributed by atoms with van der Waals surface area (Å²) in [6, 6.07) is 6.12. The molecule has 9 heteroatoms. The highest BCUT2D eigenvalue weighted by Crippen LogP contribution is 2.34. The molecule has 2 aliphatic heterocycles. The zero-order chi connectivity index (χ0) is 20.1. The molecule has 0 aromatic heterocycles. The molecule has 4 rings (SSSR count). The van der Waals surface area contributed by atoms with E-state index in [1.165, 1.54) is 25.3 Å². The number of carbonyl (C=O) groups excluding carboxylic acids is 2. The van der Waals surface area contributed by atoms with Gasteiger partial charge >= 0.3 is 0 Å². The van der Waals surface area contributed by atoms with E-state index in [0.29, 0.717) is 5.71 Å². The molecule has 0 N–H and O–H groups in total. The first-order chi connectivity index (χ1) is 13.3. The first kappa shape index (κ1) is 18.5. The normalized spacial score (nSPS) is 20.4. The number of nitrogens with zero attached hydrogens (tertiary/aromatic N) is 3. The average molecular weight is 401 g/mol. The van der Waals surface area contributed by atoms with Crippen molar-refractivity contribution < 1.29 is 22.4 Å². The van der Waals surface area contributed by atoms with Gasteiger partial charge in [-0.2, -0.15) is 4.31 Å². The van der Waals surface area contributed by atoms with Crippen molar-refractivity contribution in [2.24, 2.45) is 4.99 Å². The van der Waals surface area contributed by atoms with Crippen LogP contribution < -0.4 is 0 Å². The van der Waals surface area contributed by atoms with Gasteiger partial charge in [0.05, 0.1) is 23.7 Å². The zero-order valence-electron chi connectivity index (χ0n) is 14.9. The van der Waals surface area contributed by atoms with Crippen LogP contribution in [0.3, 0.4) is 0 Å². The van der Waals surface area contributed by atoms with Crippen molar-refractivity contribution in [3.05, 3.63) is 59.6 Å². The minimum absolute atomic E-state index is 0.00953. The second kappa shape index (κ2) is 6.61. The maximum absolute atomic E-state index is 13.4. The Morgan fingerprint density at radius 2 is 1.64 bits per heavy atom. The van der Waals surface area contributed by atoms with Crippen molar-refractivity contribution in [1.82, 2.24) is 9.21 Å². The van der Waals surface area contributed by atoms with Crippen LogP contribution in [0.2, 0.25) is 0 Å². The third-order valence-corrected chi connectivity index (χ3v) is 6.70. The van der Waals surface area contributed by atoms with Crippen LogP contribution >= 0.6 is 0 Å². The quantitative estimate of drug-likeness (QED) is 0.721. The van der Waals surface area contributed by atoms with Crippen LogP contribution in [-0.2, 0) is 19.6 Å². The summed E-state index contributed by atoms with van der Waals surface area (Å²) in [4.78, 5) is 28.8. The smallest absolute Gasteiger partial charge is 0.244 e. The highest BCUT2D eigenvalue weighted by Gasteiger charge is 2.36. The molecule has 7 nitrogen and oxygen atoms in total. The predicted molar refractivity (Wildman–Crippen MR) is 100 cm³/mol. The Hall–Kier alpha value is -2.91. The first-order valence-electron chi connectivity index (χ1n) is 8.51. The SMILES string of the molecule is CN1C(=O)CN(S(=O)(=O)c2ccc(C3=CN=C4CC(F)=CC=C34)cc2)CC1=O. The number of benzene rings is 1. The molecule has 1 aromatic rings. The van der Waals surface area contributed by atoms with E-state index in [1.807, 2.05) is 0 Å². The van der Waals surface area contributed by atoms with Gasteiger partial charge in [-0.1, -0.05) is 12.1 Å². The number of rotatable bonds is 3. The highest BCUT2D eigenvalue weighted by molar-refractivity contribution is 7.89. The van der Waals surface area contributed by atoms with Gasteiger partial charge in [-0.15, -0.1) is 0 Å². The number of aliphatic imine (C=N–C) groups is 1. The lowest BCUT2D eigenvalue weighted by molar-refractivity contribution is -0.147. The Morgan fingerprint density at radius 3 is 2.29 bits per heavy atom. The summed E-state index contributed by atoms with van der Waals surface area (Å²) in [6.45, 7) is -0.751. The number of sulfonamides is 1. The number of amides is 2. The van der Waals surface area contributed by atoms with Crippen LogP contribution in [0.25, 0.3) is 5.57 Å². The minimum atomic E-state index is -3.98. The van der Waals surface area contributed by atoms with Gasteiger partial charge in [-0.05, 0) is 29.8 Å². The Balaban J connectivity index is 1.59. The number of fused-ring (bicyclic) bond motifs is 1. The van der Waals surface area contributed by atoms with Crippen molar-refractivity contribution in [3.8, 4) is 0 Å². The molecule has 1 saturated heterocycles. The van der Waals surface area contributed by atoms with E-state index in [9.17, 15) is 22.4 Å². The molecule has 2 amide bonds. The van der Waals surface area contributed by atoms with Gasteiger partial charge in [0.15, 0.2) is 0 Å². The topological polar surface area (TPSA) is 87.1 Å². The first-order valence-corrected chi connectivity index (χ1v) is 9.95. The lowest BCUT2D eigenvalue weighted by Gasteiger charge is -2.29. The summed E-state index contributed by atoms with van der Waals surface area (Å²) in [6.07, 6.45) is 4.83. The summed E-state index contributed by atoms with van der Waals surface area (Å²) >= 11 is 0. The molecule has 2 heterocycles. The largest absolute Gasteiger partial charge is 0.283 e. The van der Waals surface area contributed by atoms with Crippen molar-refractivity contribution in [2.45, 2.75) is 11.3 Å². The number of allylic oxidation sites excluding steroid dienone is 5. The van der Waals surface area contributed by atoms with Crippen LogP contribution in [0.4, 0.5) is 4.39 Å². The van der Waals surface area contributed by atoms with E-state index in [0.717, 1.165) is 25.9 Å². The minimum Gasteiger partial charge on any atom is -0.283 e. The van der Waals surface area contributed by atoms with Crippen molar-refractivity contribution in [3.63, 3.8) is 0 Å². The third-order valence-electron chi connectivity index (χ3n) is 4.89. The van der Waals surface area contributed by atoms with Gasteiger partial charge < -0.3 is 0 Å². The third kappa shape index (κ3) is 3.02. The molecule has 1 fully saturated rings. The summed E-state index contributed by atoms with van der Waals surface area (Å²) in [5.41, 5.74) is 2.98. The molecule has 1 aliphatic carbocycles. The van der Waals surface area contributed by atoms with Crippen molar-refractivity contribution in [1.29, 1.82) is 0 Å². The molecule has 0 radical (unpaired) electrons. The molecule has 0 atom stereocenters. The molecule has 0 unspecified atom stereocenters. The lowest BCUT2D eigenvalue weighted by Crippen LogP contribution is -2.53. The lowest BCUT2D eigenvalue weighted by atomic mass is 9.93. The van der Waals surface area contributed by atoms with Gasteiger partial charge in [-0.3, -0.25) is 19.5 Å². The van der Waals surface area contributed by atoms with Crippen molar-refractivity contribution >= 4 is 33.1 Å². The Bertz CT molecular complexity index is 1100. The number of halogens is 1. The fraction of sp³-hybridized carbons (Fsp3) is 0.211. The average Bonchev–Trinajstić information content (AvgIpc) is 3.08. The van der Waals surface area contributed by atoms with E-state index < -0.39 is 21.8 Å². The maximum atomic E-state index is 13.4. The van der Waals surface area contributed by atoms with Crippen LogP contribution in [-0.4, -0.2) is 55.3 Å². The van der Waals surface area contributed by atoms with Crippen LogP contribution in [0, 0.1) is 0 Å². The van der Waals surface area contributed by atoms with Gasteiger partial charge in [0.25, 0.3) is 0 Å². The molecule has 0 bridgehead atoms. The van der Waals surface area contributed by atoms with E-state index >= 15 is 0 Å². The Kier molecular flexibility index (Phi) is 4.35. The molecule has 0 saturated carbocycles. The molecule has 1 aromatic carbocycles. The molecule has 28 heavy (non-hydrogen) atoms. The van der Waals surface area contributed by atoms with E-state index in [1.54, 1.807) is 24.4 Å². The zero-order valence-corrected chi connectivity index (χ0v) is 15.7. The van der Waals surface area contributed by atoms with Gasteiger partial charge in [0.2, 0.25) is 21.8 Å². The van der Waals surface area contributed by atoms with Crippen LogP contribution in [0.5, 0.6) is 0 Å². The fourth-order valence-electron chi connectivity index (χ4n) is 3.22. The van der Waals surface area contributed by atoms with Crippen LogP contribution in [0.15, 0.2) is 63.9 Å². The molecule has 144 valence electrons. The van der Waals surface area contributed by atoms with Crippen molar-refractivity contribution in [2.75, 3.05) is 20.1 Å². The second-order valence-corrected chi connectivity index (χ2v) is 8.57. The number of carbonyl (C=O) groups is 2. The van der Waals surface area contributed by atoms with Gasteiger partial charge in [0, 0.05) is 30.8 Å². The number of hydrogen-bond acceptors (Lipinski definition) is 5. The highest BCUT2D eigenvalue weighted by atomic mass is 32.2. The number of hydrogen-bond donors (Lipinski definition) is 0. The van der Waals surface area contributed by atoms with E-state index in [2.05, 4.69) is 4.99 Å². The van der Waals surface area contributed by atoms with Gasteiger partial charge in [-0.25, -0.2) is 12.8 Å². The summed E-state index contributed by atoms with van der Waals surface area (Å²) in [5.74, 6) is -1.39. The molecule has 0 spiro atoms. The monoisotopic (exact) mass is 401 g/mol. The Morgan fingerprint density at radius 1 is 1.00 bits per heavy atom. The Labute approximate surface area is 161 Å². The summed E-state index contributed by atoms with van der Waals surface area (Å²) in [5, 5.41) is 0. The predicted octanol–water partition coefficient (Wildman–Crippen LogP) is 1.65. The van der Waals surface area contributed by atoms with E-state index in [-0.39, 0.29) is 30.2 Å². The van der Waals surface area contributed by atoms with Crippen LogP contribution in [0.1, 0.15) is 12.0 Å².